The van der Waals surface area contributed by atoms with Crippen LogP contribution in [-0.4, -0.2) is 11.6 Å². The topological polar surface area (TPSA) is 34.1 Å². The lowest BCUT2D eigenvalue weighted by atomic mass is 10.0. The number of hydrogen-bond donors (Lipinski definition) is 0. The van der Waals surface area contributed by atoms with E-state index in [1.807, 2.05) is 20.8 Å². The number of ketones is 2. The Kier molecular flexibility index (Phi) is 11.0. The van der Waals surface area contributed by atoms with Gasteiger partial charge in [-0.15, -0.1) is 0 Å². The van der Waals surface area contributed by atoms with Crippen LogP contribution in [0.25, 0.3) is 0 Å². The highest BCUT2D eigenvalue weighted by Gasteiger charge is 2.04. The second-order valence-corrected chi connectivity index (χ2v) is 4.42. The minimum absolute atomic E-state index is 0.213. The van der Waals surface area contributed by atoms with Gasteiger partial charge in [-0.2, -0.15) is 0 Å². The molecule has 0 heterocycles. The second kappa shape index (κ2) is 9.88. The minimum atomic E-state index is 0.213. The first-order chi connectivity index (χ1) is 6.82. The second-order valence-electron chi connectivity index (χ2n) is 4.42. The van der Waals surface area contributed by atoms with Gasteiger partial charge in [0.05, 0.1) is 0 Å². The highest BCUT2D eigenvalue weighted by atomic mass is 16.1. The molecular weight excluding hydrogens is 188 g/mol. The molecule has 0 saturated heterocycles. The first-order valence-electron chi connectivity index (χ1n) is 5.83. The standard InChI is InChI=1S/C8H16O.C5H10O/c1-4-5-6-7(2)8(3)9;1-4(2)5(3)6/h7H,4-6H2,1-3H3;4H,1-3H3/t7-;/m0./s1. The fourth-order valence-electron chi connectivity index (χ4n) is 0.714. The van der Waals surface area contributed by atoms with E-state index in [1.165, 1.54) is 12.8 Å². The first-order valence-corrected chi connectivity index (χ1v) is 5.83. The molecule has 0 aliphatic carbocycles. The van der Waals surface area contributed by atoms with Crippen molar-refractivity contribution < 1.29 is 9.59 Å². The lowest BCUT2D eigenvalue weighted by molar-refractivity contribution is -0.120. The average molecular weight is 214 g/mol. The van der Waals surface area contributed by atoms with Gasteiger partial charge in [0.2, 0.25) is 0 Å². The van der Waals surface area contributed by atoms with Crippen molar-refractivity contribution in [3.8, 4) is 0 Å². The van der Waals surface area contributed by atoms with Crippen LogP contribution < -0.4 is 0 Å². The van der Waals surface area contributed by atoms with E-state index in [-0.39, 0.29) is 17.6 Å². The van der Waals surface area contributed by atoms with Crippen molar-refractivity contribution in [1.29, 1.82) is 0 Å². The van der Waals surface area contributed by atoms with Crippen LogP contribution >= 0.6 is 0 Å². The zero-order valence-corrected chi connectivity index (χ0v) is 11.1. The van der Waals surface area contributed by atoms with Crippen molar-refractivity contribution in [2.24, 2.45) is 11.8 Å². The molecule has 1 atom stereocenters. The SMILES string of the molecule is CC(=O)C(C)C.CCCC[C@H](C)C(C)=O. The number of carbonyl (C=O) groups excluding carboxylic acids is 2. The van der Waals surface area contributed by atoms with Gasteiger partial charge in [0.25, 0.3) is 0 Å². The van der Waals surface area contributed by atoms with Gasteiger partial charge in [-0.3, -0.25) is 9.59 Å². The highest BCUT2D eigenvalue weighted by molar-refractivity contribution is 5.77. The van der Waals surface area contributed by atoms with E-state index in [0.29, 0.717) is 5.78 Å². The maximum absolute atomic E-state index is 10.6. The van der Waals surface area contributed by atoms with Crippen LogP contribution in [0.2, 0.25) is 0 Å². The van der Waals surface area contributed by atoms with Crippen LogP contribution in [0.1, 0.15) is 60.8 Å². The summed E-state index contributed by atoms with van der Waals surface area (Å²) in [6.07, 6.45) is 3.43. The van der Waals surface area contributed by atoms with E-state index in [9.17, 15) is 9.59 Å². The lowest BCUT2D eigenvalue weighted by Gasteiger charge is -2.03. The average Bonchev–Trinajstić information content (AvgIpc) is 2.14. The molecule has 0 aliphatic heterocycles. The van der Waals surface area contributed by atoms with E-state index in [2.05, 4.69) is 6.92 Å². The van der Waals surface area contributed by atoms with E-state index >= 15 is 0 Å². The molecule has 15 heavy (non-hydrogen) atoms. The van der Waals surface area contributed by atoms with Crippen LogP contribution in [0, 0.1) is 11.8 Å². The van der Waals surface area contributed by atoms with Crippen LogP contribution in [0.3, 0.4) is 0 Å². The molecule has 0 spiro atoms. The summed E-state index contributed by atoms with van der Waals surface area (Å²) in [6.45, 7) is 11.2. The van der Waals surface area contributed by atoms with Crippen LogP contribution in [0.5, 0.6) is 0 Å². The van der Waals surface area contributed by atoms with Crippen molar-refractivity contribution >= 4 is 11.6 Å². The van der Waals surface area contributed by atoms with Crippen LogP contribution in [-0.2, 0) is 9.59 Å². The van der Waals surface area contributed by atoms with Crippen molar-refractivity contribution in [1.82, 2.24) is 0 Å². The third kappa shape index (κ3) is 13.3. The van der Waals surface area contributed by atoms with E-state index < -0.39 is 0 Å². The molecule has 0 unspecified atom stereocenters. The van der Waals surface area contributed by atoms with E-state index in [0.717, 1.165) is 6.42 Å². The molecule has 0 aromatic rings. The molecule has 0 radical (unpaired) electrons. The Morgan fingerprint density at radius 2 is 1.40 bits per heavy atom. The Morgan fingerprint density at radius 1 is 1.00 bits per heavy atom. The quantitative estimate of drug-likeness (QED) is 0.700. The van der Waals surface area contributed by atoms with Gasteiger partial charge < -0.3 is 0 Å². The molecule has 2 heteroatoms. The molecule has 0 amide bonds. The van der Waals surface area contributed by atoms with E-state index in [4.69, 9.17) is 0 Å². The number of unbranched alkanes of at least 4 members (excludes halogenated alkanes) is 1. The Morgan fingerprint density at radius 3 is 1.60 bits per heavy atom. The third-order valence-corrected chi connectivity index (χ3v) is 2.50. The highest BCUT2D eigenvalue weighted by Crippen LogP contribution is 2.07. The molecule has 0 aromatic carbocycles. The summed E-state index contributed by atoms with van der Waals surface area (Å²) in [5, 5.41) is 0. The van der Waals surface area contributed by atoms with Gasteiger partial charge >= 0.3 is 0 Å². The smallest absolute Gasteiger partial charge is 0.132 e. The maximum Gasteiger partial charge on any atom is 0.132 e. The predicted molar refractivity (Wildman–Crippen MR) is 64.9 cm³/mol. The van der Waals surface area contributed by atoms with Gasteiger partial charge in [-0.05, 0) is 20.3 Å². The van der Waals surface area contributed by atoms with Crippen LogP contribution in [0.4, 0.5) is 0 Å². The summed E-state index contributed by atoms with van der Waals surface area (Å²) >= 11 is 0. The van der Waals surface area contributed by atoms with Crippen molar-refractivity contribution in [3.63, 3.8) is 0 Å². The zero-order chi connectivity index (χ0) is 12.4. The molecule has 0 aliphatic rings. The summed E-state index contributed by atoms with van der Waals surface area (Å²) in [5.41, 5.74) is 0. The summed E-state index contributed by atoms with van der Waals surface area (Å²) in [6, 6.07) is 0. The first kappa shape index (κ1) is 16.8. The monoisotopic (exact) mass is 214 g/mol. The Balaban J connectivity index is 0. The largest absolute Gasteiger partial charge is 0.300 e. The van der Waals surface area contributed by atoms with Gasteiger partial charge in [0, 0.05) is 11.8 Å². The van der Waals surface area contributed by atoms with Crippen molar-refractivity contribution in [3.05, 3.63) is 0 Å². The molecule has 90 valence electrons. The fourth-order valence-corrected chi connectivity index (χ4v) is 0.714. The van der Waals surface area contributed by atoms with Gasteiger partial charge in [-0.25, -0.2) is 0 Å². The summed E-state index contributed by atoms with van der Waals surface area (Å²) in [5.74, 6) is 1.08. The molecule has 0 fully saturated rings. The third-order valence-electron chi connectivity index (χ3n) is 2.50. The predicted octanol–water partition coefficient (Wildman–Crippen LogP) is 3.63. The molecule has 0 N–H and O–H groups in total. The Labute approximate surface area is 94.4 Å². The Bertz CT molecular complexity index is 183. The summed E-state index contributed by atoms with van der Waals surface area (Å²) in [4.78, 5) is 20.8. The Hall–Kier alpha value is -0.660. The van der Waals surface area contributed by atoms with Gasteiger partial charge in [0.1, 0.15) is 11.6 Å². The number of Topliss-reactive ketones (excluding diaryl/α,β-unsaturated/α-hetero) is 2. The molecule has 0 rings (SSSR count). The van der Waals surface area contributed by atoms with Crippen LogP contribution in [0.15, 0.2) is 0 Å². The number of hydrogen-bond acceptors (Lipinski definition) is 2. The van der Waals surface area contributed by atoms with Gasteiger partial charge in [0.15, 0.2) is 0 Å². The fraction of sp³-hybridized carbons (Fsp3) is 0.846. The normalized spacial score (nSPS) is 11.7. The lowest BCUT2D eigenvalue weighted by Crippen LogP contribution is -2.05. The van der Waals surface area contributed by atoms with Crippen molar-refractivity contribution in [2.45, 2.75) is 60.8 Å². The molecule has 0 bridgehead atoms. The molecular formula is C13H26O2. The summed E-state index contributed by atoms with van der Waals surface area (Å²) < 4.78 is 0. The van der Waals surface area contributed by atoms with Crippen molar-refractivity contribution in [2.75, 3.05) is 0 Å². The number of rotatable bonds is 5. The summed E-state index contributed by atoms with van der Waals surface area (Å²) in [7, 11) is 0. The number of carbonyl (C=O) groups is 2. The maximum atomic E-state index is 10.6. The molecule has 0 saturated carbocycles. The van der Waals surface area contributed by atoms with Gasteiger partial charge in [-0.1, -0.05) is 40.5 Å². The zero-order valence-electron chi connectivity index (χ0n) is 11.1. The molecule has 2 nitrogen and oxygen atoms in total. The minimum Gasteiger partial charge on any atom is -0.300 e. The molecule has 0 aromatic heterocycles. The van der Waals surface area contributed by atoms with E-state index in [1.54, 1.807) is 13.8 Å².